The molecule has 0 bridgehead atoms. The van der Waals surface area contributed by atoms with Gasteiger partial charge in [0.25, 0.3) is 5.56 Å². The summed E-state index contributed by atoms with van der Waals surface area (Å²) in [5.41, 5.74) is 0.541. The van der Waals surface area contributed by atoms with Crippen molar-refractivity contribution in [2.24, 2.45) is 5.10 Å². The number of halogens is 2. The molecule has 0 aliphatic carbocycles. The molecule has 0 amide bonds. The van der Waals surface area contributed by atoms with Crippen molar-refractivity contribution < 1.29 is 19.0 Å². The van der Waals surface area contributed by atoms with Crippen LogP contribution in [0.15, 0.2) is 49.2 Å². The first kappa shape index (κ1) is 25.9. The molecule has 0 aliphatic rings. The molecule has 180 valence electrons. The Hall–Kier alpha value is -2.72. The van der Waals surface area contributed by atoms with E-state index in [1.807, 2.05) is 26.8 Å². The predicted molar refractivity (Wildman–Crippen MR) is 138 cm³/mol. The zero-order chi connectivity index (χ0) is 25.0. The third kappa shape index (κ3) is 5.85. The molecule has 0 spiro atoms. The Morgan fingerprint density at radius 1 is 1.18 bits per heavy atom. The number of aromatic nitrogens is 2. The van der Waals surface area contributed by atoms with Gasteiger partial charge in [0.15, 0.2) is 18.1 Å². The second kappa shape index (κ2) is 10.7. The minimum atomic E-state index is -0.476. The van der Waals surface area contributed by atoms with Gasteiger partial charge in [0.05, 0.1) is 30.8 Å². The Bertz CT molecular complexity index is 1310. The maximum absolute atomic E-state index is 13.3. The molecular formula is C24H25Br2N3O5. The van der Waals surface area contributed by atoms with Gasteiger partial charge in [-0.2, -0.15) is 9.78 Å². The lowest BCUT2D eigenvalue weighted by Gasteiger charge is -2.21. The van der Waals surface area contributed by atoms with Crippen LogP contribution in [0.3, 0.4) is 0 Å². The van der Waals surface area contributed by atoms with Gasteiger partial charge in [0.2, 0.25) is 0 Å². The van der Waals surface area contributed by atoms with Gasteiger partial charge in [-0.3, -0.25) is 4.79 Å². The van der Waals surface area contributed by atoms with Gasteiger partial charge in [0, 0.05) is 19.9 Å². The molecule has 2 aromatic carbocycles. The molecule has 0 atom stereocenters. The molecule has 0 aliphatic heterocycles. The van der Waals surface area contributed by atoms with E-state index in [0.717, 1.165) is 4.47 Å². The lowest BCUT2D eigenvalue weighted by atomic mass is 9.95. The normalized spacial score (nSPS) is 11.7. The molecule has 0 radical (unpaired) electrons. The van der Waals surface area contributed by atoms with Crippen molar-refractivity contribution in [3.05, 3.63) is 61.0 Å². The highest BCUT2D eigenvalue weighted by Crippen LogP contribution is 2.33. The van der Waals surface area contributed by atoms with Gasteiger partial charge in [-0.25, -0.2) is 9.78 Å². The average Bonchev–Trinajstić information content (AvgIpc) is 2.77. The summed E-state index contributed by atoms with van der Waals surface area (Å²) in [6.45, 7) is 7.67. The number of esters is 1. The summed E-state index contributed by atoms with van der Waals surface area (Å²) in [6.07, 6.45) is 1.55. The van der Waals surface area contributed by atoms with Crippen LogP contribution in [0.4, 0.5) is 0 Å². The van der Waals surface area contributed by atoms with Crippen LogP contribution in [-0.2, 0) is 14.9 Å². The predicted octanol–water partition coefficient (Wildman–Crippen LogP) is 5.05. The van der Waals surface area contributed by atoms with E-state index in [1.165, 1.54) is 11.8 Å². The topological polar surface area (TPSA) is 92.0 Å². The summed E-state index contributed by atoms with van der Waals surface area (Å²) in [7, 11) is 1.49. The van der Waals surface area contributed by atoms with E-state index < -0.39 is 11.4 Å². The molecule has 3 aromatic rings. The number of ether oxygens (including phenoxy) is 3. The molecule has 1 heterocycles. The van der Waals surface area contributed by atoms with Gasteiger partial charge in [-0.1, -0.05) is 36.7 Å². The molecule has 8 nitrogen and oxygen atoms in total. The first-order valence-corrected chi connectivity index (χ1v) is 12.1. The lowest BCUT2D eigenvalue weighted by molar-refractivity contribution is -0.145. The minimum absolute atomic E-state index is 0.243. The van der Waals surface area contributed by atoms with Gasteiger partial charge in [-0.05, 0) is 53.2 Å². The summed E-state index contributed by atoms with van der Waals surface area (Å²) < 4.78 is 18.6. The van der Waals surface area contributed by atoms with Crippen LogP contribution in [0.2, 0.25) is 0 Å². The number of carbonyl (C=O) groups excluding carboxylic acids is 1. The number of rotatable bonds is 7. The van der Waals surface area contributed by atoms with Crippen LogP contribution >= 0.6 is 31.9 Å². The van der Waals surface area contributed by atoms with Gasteiger partial charge in [-0.15, -0.1) is 0 Å². The second-order valence-corrected chi connectivity index (χ2v) is 10.1. The fourth-order valence-electron chi connectivity index (χ4n) is 3.12. The van der Waals surface area contributed by atoms with Crippen LogP contribution in [-0.4, -0.2) is 42.2 Å². The van der Waals surface area contributed by atoms with E-state index in [4.69, 9.17) is 19.2 Å². The Kier molecular flexibility index (Phi) is 8.14. The van der Waals surface area contributed by atoms with E-state index >= 15 is 0 Å². The summed E-state index contributed by atoms with van der Waals surface area (Å²) in [5, 5.41) is 4.94. The molecule has 0 N–H and O–H groups in total. The fraction of sp³-hybridized carbons (Fsp3) is 0.333. The van der Waals surface area contributed by atoms with E-state index in [9.17, 15) is 9.59 Å². The molecule has 34 heavy (non-hydrogen) atoms. The highest BCUT2D eigenvalue weighted by molar-refractivity contribution is 9.10. The maximum atomic E-state index is 13.3. The largest absolute Gasteiger partial charge is 0.493 e. The smallest absolute Gasteiger partial charge is 0.344 e. The third-order valence-electron chi connectivity index (χ3n) is 4.73. The standard InChI is InChI=1S/C24H25Br2N3O5/c1-6-33-21(30)13-34-20-11-17(26)14(9-19(20)32-5)12-27-29-22(31)16-10-15(25)7-8-18(16)28-23(29)24(2,3)4/h7-12H,6,13H2,1-5H3. The number of hydrogen-bond acceptors (Lipinski definition) is 7. The van der Waals surface area contributed by atoms with Crippen molar-refractivity contribution in [2.75, 3.05) is 20.3 Å². The number of fused-ring (bicyclic) bond motifs is 1. The molecule has 0 unspecified atom stereocenters. The van der Waals surface area contributed by atoms with Crippen molar-refractivity contribution in [1.29, 1.82) is 0 Å². The van der Waals surface area contributed by atoms with Crippen LogP contribution < -0.4 is 15.0 Å². The van der Waals surface area contributed by atoms with Crippen molar-refractivity contribution in [3.8, 4) is 11.5 Å². The monoisotopic (exact) mass is 593 g/mol. The third-order valence-corrected chi connectivity index (χ3v) is 5.91. The van der Waals surface area contributed by atoms with Crippen molar-refractivity contribution >= 4 is 54.9 Å². The van der Waals surface area contributed by atoms with Gasteiger partial charge in [0.1, 0.15) is 5.82 Å². The lowest BCUT2D eigenvalue weighted by Crippen LogP contribution is -2.29. The molecule has 3 rings (SSSR count). The molecule has 0 saturated heterocycles. The van der Waals surface area contributed by atoms with Gasteiger partial charge >= 0.3 is 5.97 Å². The average molecular weight is 595 g/mol. The summed E-state index contributed by atoms with van der Waals surface area (Å²) in [5.74, 6) is 0.819. The number of benzene rings is 2. The van der Waals surface area contributed by atoms with E-state index in [2.05, 4.69) is 37.0 Å². The first-order chi connectivity index (χ1) is 16.0. The van der Waals surface area contributed by atoms with E-state index in [-0.39, 0.29) is 18.8 Å². The Morgan fingerprint density at radius 3 is 2.56 bits per heavy atom. The van der Waals surface area contributed by atoms with Crippen LogP contribution in [0.1, 0.15) is 39.1 Å². The second-order valence-electron chi connectivity index (χ2n) is 8.33. The van der Waals surface area contributed by atoms with Gasteiger partial charge < -0.3 is 14.2 Å². The maximum Gasteiger partial charge on any atom is 0.344 e. The molecule has 10 heteroatoms. The molecular weight excluding hydrogens is 570 g/mol. The number of carbonyl (C=O) groups is 1. The zero-order valence-corrected chi connectivity index (χ0v) is 22.7. The molecule has 0 fully saturated rings. The SMILES string of the molecule is CCOC(=O)COc1cc(Br)c(C=Nn2c(C(C)(C)C)nc3ccc(Br)cc3c2=O)cc1OC. The number of nitrogens with zero attached hydrogens (tertiary/aromatic N) is 3. The zero-order valence-electron chi connectivity index (χ0n) is 19.5. The Balaban J connectivity index is 2.05. The first-order valence-electron chi connectivity index (χ1n) is 10.5. The summed E-state index contributed by atoms with van der Waals surface area (Å²) in [4.78, 5) is 29.7. The number of hydrogen-bond donors (Lipinski definition) is 0. The summed E-state index contributed by atoms with van der Waals surface area (Å²) in [6, 6.07) is 8.76. The minimum Gasteiger partial charge on any atom is -0.493 e. The van der Waals surface area contributed by atoms with Crippen molar-refractivity contribution in [1.82, 2.24) is 9.66 Å². The van der Waals surface area contributed by atoms with Crippen LogP contribution in [0.25, 0.3) is 10.9 Å². The number of methoxy groups -OCH3 is 1. The fourth-order valence-corrected chi connectivity index (χ4v) is 3.91. The van der Waals surface area contributed by atoms with E-state index in [1.54, 1.807) is 37.4 Å². The summed E-state index contributed by atoms with van der Waals surface area (Å²) >= 11 is 6.91. The highest BCUT2D eigenvalue weighted by atomic mass is 79.9. The van der Waals surface area contributed by atoms with E-state index in [0.29, 0.717) is 38.3 Å². The van der Waals surface area contributed by atoms with Crippen molar-refractivity contribution in [3.63, 3.8) is 0 Å². The molecule has 1 aromatic heterocycles. The Labute approximate surface area is 214 Å². The highest BCUT2D eigenvalue weighted by Gasteiger charge is 2.23. The van der Waals surface area contributed by atoms with Crippen LogP contribution in [0, 0.1) is 0 Å². The van der Waals surface area contributed by atoms with Crippen molar-refractivity contribution in [2.45, 2.75) is 33.1 Å². The molecule has 0 saturated carbocycles. The Morgan fingerprint density at radius 2 is 1.91 bits per heavy atom. The van der Waals surface area contributed by atoms with Crippen LogP contribution in [0.5, 0.6) is 11.5 Å². The quantitative estimate of drug-likeness (QED) is 0.281.